The van der Waals surface area contributed by atoms with Gasteiger partial charge < -0.3 is 19.5 Å². The van der Waals surface area contributed by atoms with Gasteiger partial charge in [-0.05, 0) is 48.0 Å². The van der Waals surface area contributed by atoms with Crippen molar-refractivity contribution in [3.8, 4) is 17.2 Å². The number of ether oxygens (including phenoxy) is 3. The van der Waals surface area contributed by atoms with Gasteiger partial charge in [-0.15, -0.1) is 0 Å². The largest absolute Gasteiger partial charge is 0.495 e. The first-order valence-electron chi connectivity index (χ1n) is 10.7. The second-order valence-corrected chi connectivity index (χ2v) is 9.88. The maximum absolute atomic E-state index is 12.5. The number of carbonyl (C=O) groups is 1. The number of amides is 1. The maximum Gasteiger partial charge on any atom is 0.251 e. The van der Waals surface area contributed by atoms with E-state index in [0.717, 1.165) is 6.26 Å². The lowest BCUT2D eigenvalue weighted by molar-refractivity contribution is 0.0947. The highest BCUT2D eigenvalue weighted by Gasteiger charge is 2.22. The molecule has 0 spiro atoms. The van der Waals surface area contributed by atoms with E-state index in [1.807, 2.05) is 12.1 Å². The summed E-state index contributed by atoms with van der Waals surface area (Å²) in [6, 6.07) is 18.7. The Morgan fingerprint density at radius 2 is 1.60 bits per heavy atom. The first-order chi connectivity index (χ1) is 16.7. The standard InChI is InChI=1S/C25H27ClN2O6S/c1-32-22-13-12-20(26)16-21(22)28(35(3,30)31)17-18-8-10-19(11-9-18)25(29)27-14-15-34-24-7-5-4-6-23(24)33-2/h4-13,16H,14-15,17H2,1-3H3,(H,27,29). The van der Waals surface area contributed by atoms with E-state index in [1.54, 1.807) is 55.6 Å². The maximum atomic E-state index is 12.5. The summed E-state index contributed by atoms with van der Waals surface area (Å²) in [5, 5.41) is 3.18. The van der Waals surface area contributed by atoms with E-state index >= 15 is 0 Å². The molecule has 0 aliphatic rings. The molecule has 0 aromatic heterocycles. The molecule has 0 bridgehead atoms. The van der Waals surface area contributed by atoms with Gasteiger partial charge in [0.15, 0.2) is 11.5 Å². The molecule has 10 heteroatoms. The van der Waals surface area contributed by atoms with Gasteiger partial charge in [0.05, 0.1) is 39.3 Å². The SMILES string of the molecule is COc1ccccc1OCCNC(=O)c1ccc(CN(c2cc(Cl)ccc2OC)S(C)(=O)=O)cc1. The summed E-state index contributed by atoms with van der Waals surface area (Å²) in [6.45, 7) is 0.619. The van der Waals surface area contributed by atoms with Crippen LogP contribution < -0.4 is 23.8 Å². The number of nitrogens with one attached hydrogen (secondary N) is 1. The number of rotatable bonds is 11. The molecule has 3 rings (SSSR count). The predicted molar refractivity (Wildman–Crippen MR) is 136 cm³/mol. The van der Waals surface area contributed by atoms with Crippen LogP contribution in [0.3, 0.4) is 0 Å². The Balaban J connectivity index is 1.63. The Labute approximate surface area is 210 Å². The number of benzene rings is 3. The molecule has 0 atom stereocenters. The van der Waals surface area contributed by atoms with Crippen molar-refractivity contribution in [2.45, 2.75) is 6.54 Å². The van der Waals surface area contributed by atoms with E-state index in [1.165, 1.54) is 17.5 Å². The van der Waals surface area contributed by atoms with Crippen LogP contribution in [0.1, 0.15) is 15.9 Å². The fraction of sp³-hybridized carbons (Fsp3) is 0.240. The fourth-order valence-corrected chi connectivity index (χ4v) is 4.38. The van der Waals surface area contributed by atoms with Gasteiger partial charge in [-0.1, -0.05) is 35.9 Å². The summed E-state index contributed by atoms with van der Waals surface area (Å²) >= 11 is 6.09. The van der Waals surface area contributed by atoms with Crippen LogP contribution in [0.4, 0.5) is 5.69 Å². The van der Waals surface area contributed by atoms with Crippen molar-refractivity contribution < 1.29 is 27.4 Å². The van der Waals surface area contributed by atoms with Gasteiger partial charge in [-0.3, -0.25) is 9.10 Å². The zero-order chi connectivity index (χ0) is 25.4. The normalized spacial score (nSPS) is 11.0. The van der Waals surface area contributed by atoms with Crippen LogP contribution >= 0.6 is 11.6 Å². The molecule has 35 heavy (non-hydrogen) atoms. The lowest BCUT2D eigenvalue weighted by Gasteiger charge is -2.24. The first kappa shape index (κ1) is 26.2. The van der Waals surface area contributed by atoms with Crippen LogP contribution in [0.15, 0.2) is 66.7 Å². The zero-order valence-electron chi connectivity index (χ0n) is 19.7. The Morgan fingerprint density at radius 3 is 2.23 bits per heavy atom. The molecule has 0 fully saturated rings. The second kappa shape index (κ2) is 11.8. The quantitative estimate of drug-likeness (QED) is 0.383. The highest BCUT2D eigenvalue weighted by Crippen LogP contribution is 2.34. The smallest absolute Gasteiger partial charge is 0.251 e. The Bertz CT molecular complexity index is 1270. The molecule has 0 radical (unpaired) electrons. The topological polar surface area (TPSA) is 94.2 Å². The highest BCUT2D eigenvalue weighted by atomic mass is 35.5. The zero-order valence-corrected chi connectivity index (χ0v) is 21.2. The molecule has 0 aliphatic carbocycles. The molecule has 3 aromatic carbocycles. The van der Waals surface area contributed by atoms with Crippen LogP contribution in [0.2, 0.25) is 5.02 Å². The number of sulfonamides is 1. The Kier molecular flexibility index (Phi) is 8.84. The Hall–Kier alpha value is -3.43. The summed E-state index contributed by atoms with van der Waals surface area (Å²) in [5.41, 5.74) is 1.46. The number of halogens is 1. The molecule has 0 saturated heterocycles. The average molecular weight is 519 g/mol. The number of methoxy groups -OCH3 is 2. The monoisotopic (exact) mass is 518 g/mol. The van der Waals surface area contributed by atoms with E-state index in [0.29, 0.717) is 45.6 Å². The van der Waals surface area contributed by atoms with E-state index < -0.39 is 10.0 Å². The van der Waals surface area contributed by atoms with Gasteiger partial charge in [0.1, 0.15) is 12.4 Å². The second-order valence-electron chi connectivity index (χ2n) is 7.54. The lowest BCUT2D eigenvalue weighted by atomic mass is 10.1. The molecular formula is C25H27ClN2O6S. The summed E-state index contributed by atoms with van der Waals surface area (Å²) in [4.78, 5) is 12.5. The van der Waals surface area contributed by atoms with Gasteiger partial charge in [0, 0.05) is 10.6 Å². The van der Waals surface area contributed by atoms with Gasteiger partial charge in [-0.2, -0.15) is 0 Å². The molecule has 0 aliphatic heterocycles. The van der Waals surface area contributed by atoms with E-state index in [4.69, 9.17) is 25.8 Å². The summed E-state index contributed by atoms with van der Waals surface area (Å²) in [6.07, 6.45) is 1.11. The van der Waals surface area contributed by atoms with Gasteiger partial charge in [0.2, 0.25) is 10.0 Å². The number of nitrogens with zero attached hydrogens (tertiary/aromatic N) is 1. The minimum Gasteiger partial charge on any atom is -0.495 e. The predicted octanol–water partition coefficient (Wildman–Crippen LogP) is 4.13. The van der Waals surface area contributed by atoms with Crippen LogP contribution in [-0.2, 0) is 16.6 Å². The number of carbonyl (C=O) groups excluding carboxylic acids is 1. The molecule has 1 N–H and O–H groups in total. The molecule has 3 aromatic rings. The third-order valence-corrected chi connectivity index (χ3v) is 6.43. The molecule has 0 saturated carbocycles. The van der Waals surface area contributed by atoms with Gasteiger partial charge in [-0.25, -0.2) is 8.42 Å². The van der Waals surface area contributed by atoms with E-state index in [2.05, 4.69) is 5.32 Å². The van der Waals surface area contributed by atoms with E-state index in [-0.39, 0.29) is 19.1 Å². The number of hydrogen-bond donors (Lipinski definition) is 1. The first-order valence-corrected chi connectivity index (χ1v) is 12.9. The molecule has 0 unspecified atom stereocenters. The van der Waals surface area contributed by atoms with Crippen molar-refractivity contribution in [3.05, 3.63) is 82.9 Å². The minimum atomic E-state index is -3.64. The van der Waals surface area contributed by atoms with Crippen molar-refractivity contribution >= 4 is 33.2 Å². The molecular weight excluding hydrogens is 492 g/mol. The number of para-hydroxylation sites is 2. The van der Waals surface area contributed by atoms with Crippen molar-refractivity contribution in [2.24, 2.45) is 0 Å². The van der Waals surface area contributed by atoms with Crippen molar-refractivity contribution in [2.75, 3.05) is 37.9 Å². The summed E-state index contributed by atoms with van der Waals surface area (Å²) in [5.74, 6) is 1.33. The highest BCUT2D eigenvalue weighted by molar-refractivity contribution is 7.92. The summed E-state index contributed by atoms with van der Waals surface area (Å²) < 4.78 is 42.5. The number of anilines is 1. The van der Waals surface area contributed by atoms with Gasteiger partial charge in [0.25, 0.3) is 5.91 Å². The minimum absolute atomic E-state index is 0.0458. The molecule has 8 nitrogen and oxygen atoms in total. The van der Waals surface area contributed by atoms with Crippen LogP contribution in [0.5, 0.6) is 17.2 Å². The number of hydrogen-bond acceptors (Lipinski definition) is 6. The summed E-state index contributed by atoms with van der Waals surface area (Å²) in [7, 11) is -0.618. The Morgan fingerprint density at radius 1 is 0.943 bits per heavy atom. The molecule has 0 heterocycles. The molecule has 186 valence electrons. The van der Waals surface area contributed by atoms with E-state index in [9.17, 15) is 13.2 Å². The van der Waals surface area contributed by atoms with Crippen LogP contribution in [0.25, 0.3) is 0 Å². The molecule has 1 amide bonds. The lowest BCUT2D eigenvalue weighted by Crippen LogP contribution is -2.30. The van der Waals surface area contributed by atoms with Crippen LogP contribution in [0, 0.1) is 0 Å². The van der Waals surface area contributed by atoms with Crippen molar-refractivity contribution in [1.29, 1.82) is 0 Å². The fourth-order valence-electron chi connectivity index (χ4n) is 3.33. The van der Waals surface area contributed by atoms with Gasteiger partial charge >= 0.3 is 0 Å². The van der Waals surface area contributed by atoms with Crippen molar-refractivity contribution in [1.82, 2.24) is 5.32 Å². The van der Waals surface area contributed by atoms with Crippen molar-refractivity contribution in [3.63, 3.8) is 0 Å². The van der Waals surface area contributed by atoms with Crippen LogP contribution in [-0.4, -0.2) is 48.0 Å². The average Bonchev–Trinajstić information content (AvgIpc) is 2.85. The third-order valence-electron chi connectivity index (χ3n) is 5.07. The third kappa shape index (κ3) is 7.03.